The van der Waals surface area contributed by atoms with Crippen molar-refractivity contribution in [3.05, 3.63) is 47.7 Å². The van der Waals surface area contributed by atoms with Gasteiger partial charge in [0, 0.05) is 5.69 Å². The van der Waals surface area contributed by atoms with Crippen LogP contribution in [0.4, 0.5) is 10.8 Å². The van der Waals surface area contributed by atoms with Gasteiger partial charge in [0.25, 0.3) is 0 Å². The van der Waals surface area contributed by atoms with Crippen LogP contribution in [-0.2, 0) is 6.42 Å². The zero-order valence-electron chi connectivity index (χ0n) is 13.7. The van der Waals surface area contributed by atoms with Gasteiger partial charge in [0.05, 0.1) is 5.69 Å². The van der Waals surface area contributed by atoms with E-state index in [1.54, 1.807) is 28.7 Å². The molecule has 0 bridgehead atoms. The number of nitrogens with one attached hydrogen (secondary N) is 1. The SMILES string of the molecule is CCCCc1nc(Nc2ccc(C)cc2C)sc1-n1cncn1. The molecule has 0 spiro atoms. The first-order valence-corrected chi connectivity index (χ1v) is 8.68. The summed E-state index contributed by atoms with van der Waals surface area (Å²) in [7, 11) is 0. The minimum atomic E-state index is 0.897. The predicted octanol–water partition coefficient (Wildman–Crippen LogP) is 4.43. The van der Waals surface area contributed by atoms with Crippen LogP contribution in [0.25, 0.3) is 5.00 Å². The average Bonchev–Trinajstić information content (AvgIpc) is 3.17. The van der Waals surface area contributed by atoms with Gasteiger partial charge in [-0.2, -0.15) is 5.10 Å². The standard InChI is InChI=1S/C17H21N5S/c1-4-5-6-15-16(22-11-18-10-19-22)23-17(21-15)20-14-8-7-12(2)9-13(14)3/h7-11H,4-6H2,1-3H3,(H,20,21). The molecule has 0 unspecified atom stereocenters. The van der Waals surface area contributed by atoms with Crippen LogP contribution >= 0.6 is 11.3 Å². The van der Waals surface area contributed by atoms with Crippen molar-refractivity contribution in [2.75, 3.05) is 5.32 Å². The Labute approximate surface area is 140 Å². The second-order valence-corrected chi connectivity index (χ2v) is 6.64. The summed E-state index contributed by atoms with van der Waals surface area (Å²) >= 11 is 1.61. The lowest BCUT2D eigenvalue weighted by Gasteiger charge is -2.07. The highest BCUT2D eigenvalue weighted by Gasteiger charge is 2.14. The summed E-state index contributed by atoms with van der Waals surface area (Å²) in [5, 5.41) is 9.64. The Balaban J connectivity index is 1.90. The third kappa shape index (κ3) is 3.59. The molecule has 2 heterocycles. The van der Waals surface area contributed by atoms with E-state index < -0.39 is 0 Å². The van der Waals surface area contributed by atoms with E-state index >= 15 is 0 Å². The van der Waals surface area contributed by atoms with Crippen LogP contribution < -0.4 is 5.32 Å². The highest BCUT2D eigenvalue weighted by atomic mass is 32.1. The number of unbranched alkanes of at least 4 members (excludes halogenated alkanes) is 1. The zero-order valence-corrected chi connectivity index (χ0v) is 14.5. The largest absolute Gasteiger partial charge is 0.331 e. The molecule has 1 aromatic carbocycles. The highest BCUT2D eigenvalue weighted by molar-refractivity contribution is 7.18. The molecule has 23 heavy (non-hydrogen) atoms. The maximum Gasteiger partial charge on any atom is 0.189 e. The van der Waals surface area contributed by atoms with E-state index in [1.807, 2.05) is 0 Å². The van der Waals surface area contributed by atoms with Gasteiger partial charge in [-0.1, -0.05) is 42.4 Å². The molecule has 1 N–H and O–H groups in total. The molecule has 0 radical (unpaired) electrons. The van der Waals surface area contributed by atoms with E-state index in [0.717, 1.165) is 40.8 Å². The molecule has 6 heteroatoms. The molecule has 0 fully saturated rings. The van der Waals surface area contributed by atoms with Gasteiger partial charge < -0.3 is 5.32 Å². The summed E-state index contributed by atoms with van der Waals surface area (Å²) in [6.45, 7) is 6.40. The van der Waals surface area contributed by atoms with Crippen molar-refractivity contribution in [1.29, 1.82) is 0 Å². The van der Waals surface area contributed by atoms with E-state index in [-0.39, 0.29) is 0 Å². The molecule has 0 amide bonds. The number of rotatable bonds is 6. The summed E-state index contributed by atoms with van der Waals surface area (Å²) in [6, 6.07) is 6.39. The molecule has 0 saturated heterocycles. The second kappa shape index (κ2) is 6.91. The van der Waals surface area contributed by atoms with Gasteiger partial charge in [0.2, 0.25) is 0 Å². The second-order valence-electron chi connectivity index (χ2n) is 5.66. The first-order valence-electron chi connectivity index (χ1n) is 7.86. The topological polar surface area (TPSA) is 55.6 Å². The molecule has 120 valence electrons. The number of aryl methyl sites for hydroxylation is 3. The average molecular weight is 327 g/mol. The molecule has 0 saturated carbocycles. The van der Waals surface area contributed by atoms with E-state index in [2.05, 4.69) is 54.4 Å². The Hall–Kier alpha value is -2.21. The van der Waals surface area contributed by atoms with Crippen LogP contribution in [0.5, 0.6) is 0 Å². The molecular formula is C17H21N5S. The minimum Gasteiger partial charge on any atom is -0.331 e. The molecule has 3 rings (SSSR count). The van der Waals surface area contributed by atoms with Crippen molar-refractivity contribution < 1.29 is 0 Å². The molecule has 0 aliphatic carbocycles. The lowest BCUT2D eigenvalue weighted by molar-refractivity contribution is 0.767. The van der Waals surface area contributed by atoms with Crippen LogP contribution in [-0.4, -0.2) is 19.7 Å². The molecule has 5 nitrogen and oxygen atoms in total. The van der Waals surface area contributed by atoms with Gasteiger partial charge in [-0.15, -0.1) is 0 Å². The van der Waals surface area contributed by atoms with Crippen LogP contribution in [0, 0.1) is 13.8 Å². The lowest BCUT2D eigenvalue weighted by Crippen LogP contribution is -1.97. The van der Waals surface area contributed by atoms with Crippen molar-refractivity contribution in [2.24, 2.45) is 0 Å². The fourth-order valence-electron chi connectivity index (χ4n) is 2.47. The van der Waals surface area contributed by atoms with Crippen LogP contribution in [0.1, 0.15) is 36.6 Å². The Morgan fingerprint density at radius 3 is 2.83 bits per heavy atom. The van der Waals surface area contributed by atoms with Crippen molar-refractivity contribution in [1.82, 2.24) is 19.7 Å². The van der Waals surface area contributed by atoms with E-state index in [4.69, 9.17) is 4.98 Å². The van der Waals surface area contributed by atoms with Gasteiger partial charge in [-0.25, -0.2) is 14.6 Å². The first-order chi connectivity index (χ1) is 11.2. The van der Waals surface area contributed by atoms with Crippen LogP contribution in [0.2, 0.25) is 0 Å². The maximum absolute atomic E-state index is 4.78. The van der Waals surface area contributed by atoms with Crippen LogP contribution in [0.15, 0.2) is 30.9 Å². The third-order valence-corrected chi connectivity index (χ3v) is 4.70. The highest BCUT2D eigenvalue weighted by Crippen LogP contribution is 2.30. The number of hydrogen-bond donors (Lipinski definition) is 1. The number of hydrogen-bond acceptors (Lipinski definition) is 5. The van der Waals surface area contributed by atoms with E-state index in [9.17, 15) is 0 Å². The van der Waals surface area contributed by atoms with Crippen molar-refractivity contribution in [3.8, 4) is 5.00 Å². The van der Waals surface area contributed by atoms with Crippen molar-refractivity contribution in [3.63, 3.8) is 0 Å². The van der Waals surface area contributed by atoms with Gasteiger partial charge >= 0.3 is 0 Å². The van der Waals surface area contributed by atoms with E-state index in [0.29, 0.717) is 0 Å². The molecular weight excluding hydrogens is 306 g/mol. The third-order valence-electron chi connectivity index (χ3n) is 3.69. The van der Waals surface area contributed by atoms with Gasteiger partial charge in [0.1, 0.15) is 17.7 Å². The molecule has 3 aromatic rings. The number of nitrogens with zero attached hydrogens (tertiary/aromatic N) is 4. The molecule has 2 aromatic heterocycles. The summed E-state index contributed by atoms with van der Waals surface area (Å²) in [5.74, 6) is 0. The summed E-state index contributed by atoms with van der Waals surface area (Å²) in [4.78, 5) is 8.83. The lowest BCUT2D eigenvalue weighted by atomic mass is 10.1. The van der Waals surface area contributed by atoms with Gasteiger partial charge in [0.15, 0.2) is 5.13 Å². The van der Waals surface area contributed by atoms with Crippen molar-refractivity contribution in [2.45, 2.75) is 40.0 Å². The summed E-state index contributed by atoms with van der Waals surface area (Å²) in [6.07, 6.45) is 6.50. The minimum absolute atomic E-state index is 0.897. The van der Waals surface area contributed by atoms with Crippen molar-refractivity contribution >= 4 is 22.2 Å². The smallest absolute Gasteiger partial charge is 0.189 e. The maximum atomic E-state index is 4.78. The van der Waals surface area contributed by atoms with E-state index in [1.165, 1.54) is 11.1 Å². The quantitative estimate of drug-likeness (QED) is 0.728. The van der Waals surface area contributed by atoms with Gasteiger partial charge in [-0.3, -0.25) is 0 Å². The number of benzene rings is 1. The number of aromatic nitrogens is 4. The normalized spacial score (nSPS) is 10.9. The monoisotopic (exact) mass is 327 g/mol. The Kier molecular flexibility index (Phi) is 4.71. The molecule has 0 aliphatic rings. The molecule has 0 aliphatic heterocycles. The Bertz CT molecular complexity index is 776. The zero-order chi connectivity index (χ0) is 16.2. The van der Waals surface area contributed by atoms with Gasteiger partial charge in [-0.05, 0) is 38.3 Å². The Morgan fingerprint density at radius 1 is 1.26 bits per heavy atom. The fourth-order valence-corrected chi connectivity index (χ4v) is 3.42. The summed E-state index contributed by atoms with van der Waals surface area (Å²) in [5.41, 5.74) is 4.66. The predicted molar refractivity (Wildman–Crippen MR) is 94.8 cm³/mol. The number of anilines is 2. The Morgan fingerprint density at radius 2 is 2.13 bits per heavy atom. The fraction of sp³-hybridized carbons (Fsp3) is 0.353. The molecule has 0 atom stereocenters. The van der Waals surface area contributed by atoms with Crippen LogP contribution in [0.3, 0.4) is 0 Å². The number of thiazole rings is 1. The first kappa shape index (κ1) is 15.7. The summed E-state index contributed by atoms with van der Waals surface area (Å²) < 4.78 is 1.80.